The van der Waals surface area contributed by atoms with Gasteiger partial charge in [-0.05, 0) is 18.2 Å². The minimum Gasteiger partial charge on any atom is -0.504 e. The highest BCUT2D eigenvalue weighted by Crippen LogP contribution is 2.33. The van der Waals surface area contributed by atoms with Gasteiger partial charge in [0, 0.05) is 11.9 Å². The van der Waals surface area contributed by atoms with E-state index in [1.165, 1.54) is 12.1 Å². The molecule has 0 saturated heterocycles. The third kappa shape index (κ3) is 2.36. The van der Waals surface area contributed by atoms with E-state index in [1.807, 2.05) is 0 Å². The Labute approximate surface area is 132 Å². The highest BCUT2D eigenvalue weighted by atomic mass is 19.4. The lowest BCUT2D eigenvalue weighted by Crippen LogP contribution is -2.22. The zero-order valence-electron chi connectivity index (χ0n) is 11.9. The van der Waals surface area contributed by atoms with Gasteiger partial charge in [-0.15, -0.1) is 0 Å². The van der Waals surface area contributed by atoms with Gasteiger partial charge in [0.1, 0.15) is 11.6 Å². The van der Waals surface area contributed by atoms with Gasteiger partial charge in [-0.3, -0.25) is 14.3 Å². The first-order chi connectivity index (χ1) is 11.3. The Bertz CT molecular complexity index is 1030. The van der Waals surface area contributed by atoms with Crippen LogP contribution in [-0.2, 0) is 6.18 Å². The van der Waals surface area contributed by atoms with Crippen molar-refractivity contribution < 1.29 is 18.3 Å². The Morgan fingerprint density at radius 2 is 1.88 bits per heavy atom. The molecule has 0 aliphatic heterocycles. The first kappa shape index (κ1) is 15.6. The van der Waals surface area contributed by atoms with Crippen molar-refractivity contribution in [2.75, 3.05) is 0 Å². The molecule has 0 radical (unpaired) electrons. The van der Waals surface area contributed by atoms with Crippen molar-refractivity contribution in [3.05, 3.63) is 64.1 Å². The summed E-state index contributed by atoms with van der Waals surface area (Å²) in [5.74, 6) is -0.738. The molecule has 0 fully saturated rings. The summed E-state index contributed by atoms with van der Waals surface area (Å²) in [6.45, 7) is 0. The van der Waals surface area contributed by atoms with Gasteiger partial charge in [0.05, 0.1) is 11.1 Å². The van der Waals surface area contributed by atoms with Gasteiger partial charge < -0.3 is 5.11 Å². The molecule has 24 heavy (non-hydrogen) atoms. The normalized spacial score (nSPS) is 11.4. The summed E-state index contributed by atoms with van der Waals surface area (Å²) < 4.78 is 39.8. The minimum absolute atomic E-state index is 0.238. The van der Waals surface area contributed by atoms with Crippen LogP contribution < -0.4 is 5.56 Å². The molecule has 0 aliphatic carbocycles. The zero-order chi connectivity index (χ0) is 17.5. The SMILES string of the molecule is N#Cc1c(O)c2ncc(C(F)(F)F)cc2n(-c2ccccc2)c1=O. The van der Waals surface area contributed by atoms with Crippen molar-refractivity contribution in [2.45, 2.75) is 6.18 Å². The van der Waals surface area contributed by atoms with E-state index < -0.39 is 28.6 Å². The average Bonchev–Trinajstić information content (AvgIpc) is 2.55. The van der Waals surface area contributed by atoms with Crippen LogP contribution in [0.2, 0.25) is 0 Å². The van der Waals surface area contributed by atoms with Crippen LogP contribution in [0.4, 0.5) is 13.2 Å². The Kier molecular flexibility index (Phi) is 3.49. The van der Waals surface area contributed by atoms with E-state index in [2.05, 4.69) is 4.98 Å². The molecule has 0 bridgehead atoms. The maximum absolute atomic E-state index is 13.0. The van der Waals surface area contributed by atoms with Crippen LogP contribution in [0.25, 0.3) is 16.7 Å². The topological polar surface area (TPSA) is 78.9 Å². The summed E-state index contributed by atoms with van der Waals surface area (Å²) in [4.78, 5) is 16.1. The molecule has 0 amide bonds. The largest absolute Gasteiger partial charge is 0.504 e. The fourth-order valence-electron chi connectivity index (χ4n) is 2.34. The van der Waals surface area contributed by atoms with E-state index in [1.54, 1.807) is 24.3 Å². The van der Waals surface area contributed by atoms with Gasteiger partial charge in [-0.2, -0.15) is 18.4 Å². The summed E-state index contributed by atoms with van der Waals surface area (Å²) in [6.07, 6.45) is -4.12. The van der Waals surface area contributed by atoms with E-state index in [4.69, 9.17) is 5.26 Å². The van der Waals surface area contributed by atoms with Crippen molar-refractivity contribution in [3.8, 4) is 17.5 Å². The van der Waals surface area contributed by atoms with Crippen molar-refractivity contribution >= 4 is 11.0 Å². The molecule has 120 valence electrons. The first-order valence-corrected chi connectivity index (χ1v) is 6.65. The number of benzene rings is 1. The summed E-state index contributed by atoms with van der Waals surface area (Å²) in [5.41, 5.74) is -2.82. The van der Waals surface area contributed by atoms with Crippen molar-refractivity contribution in [3.63, 3.8) is 0 Å². The van der Waals surface area contributed by atoms with E-state index in [9.17, 15) is 23.1 Å². The monoisotopic (exact) mass is 331 g/mol. The van der Waals surface area contributed by atoms with Crippen molar-refractivity contribution in [1.29, 1.82) is 5.26 Å². The highest BCUT2D eigenvalue weighted by Gasteiger charge is 2.32. The number of halogens is 3. The number of nitriles is 1. The van der Waals surface area contributed by atoms with Gasteiger partial charge in [0.2, 0.25) is 0 Å². The maximum Gasteiger partial charge on any atom is 0.417 e. The molecule has 3 rings (SSSR count). The second-order valence-corrected chi connectivity index (χ2v) is 4.90. The van der Waals surface area contributed by atoms with Gasteiger partial charge in [-0.1, -0.05) is 18.2 Å². The molecule has 0 aliphatic rings. The van der Waals surface area contributed by atoms with Crippen LogP contribution in [0.15, 0.2) is 47.4 Å². The van der Waals surface area contributed by atoms with E-state index >= 15 is 0 Å². The number of alkyl halides is 3. The zero-order valence-corrected chi connectivity index (χ0v) is 11.9. The van der Waals surface area contributed by atoms with Gasteiger partial charge in [-0.25, -0.2) is 0 Å². The maximum atomic E-state index is 13.0. The Balaban J connectivity index is 2.52. The lowest BCUT2D eigenvalue weighted by Gasteiger charge is -2.14. The first-order valence-electron chi connectivity index (χ1n) is 6.65. The smallest absolute Gasteiger partial charge is 0.417 e. The van der Waals surface area contributed by atoms with Gasteiger partial charge in [0.15, 0.2) is 11.3 Å². The fraction of sp³-hybridized carbons (Fsp3) is 0.0625. The average molecular weight is 331 g/mol. The molecule has 5 nitrogen and oxygen atoms in total. The van der Waals surface area contributed by atoms with E-state index in [0.717, 1.165) is 10.6 Å². The molecule has 8 heteroatoms. The Hall–Kier alpha value is -3.34. The summed E-state index contributed by atoms with van der Waals surface area (Å²) >= 11 is 0. The molecule has 0 atom stereocenters. The lowest BCUT2D eigenvalue weighted by atomic mass is 10.1. The number of hydrogen-bond acceptors (Lipinski definition) is 4. The molecular formula is C16H8F3N3O2. The summed E-state index contributed by atoms with van der Waals surface area (Å²) in [5, 5.41) is 19.1. The third-order valence-corrected chi connectivity index (χ3v) is 3.44. The second-order valence-electron chi connectivity index (χ2n) is 4.90. The number of nitrogens with zero attached hydrogens (tertiary/aromatic N) is 3. The molecule has 3 aromatic rings. The third-order valence-electron chi connectivity index (χ3n) is 3.44. The van der Waals surface area contributed by atoms with Crippen molar-refractivity contribution in [2.24, 2.45) is 0 Å². The lowest BCUT2D eigenvalue weighted by molar-refractivity contribution is -0.137. The molecule has 0 saturated carbocycles. The van der Waals surface area contributed by atoms with Crippen LogP contribution >= 0.6 is 0 Å². The summed E-state index contributed by atoms with van der Waals surface area (Å²) in [6, 6.07) is 10.1. The number of aromatic nitrogens is 2. The number of pyridine rings is 2. The number of para-hydroxylation sites is 1. The standard InChI is InChI=1S/C16H8F3N3O2/c17-16(18,19)9-6-12-13(21-8-9)14(23)11(7-20)15(24)22(12)10-4-2-1-3-5-10/h1-6,8,23H. The molecule has 1 aromatic carbocycles. The number of hydrogen-bond donors (Lipinski definition) is 1. The summed E-state index contributed by atoms with van der Waals surface area (Å²) in [7, 11) is 0. The van der Waals surface area contributed by atoms with Crippen molar-refractivity contribution in [1.82, 2.24) is 9.55 Å². The van der Waals surface area contributed by atoms with Crippen LogP contribution in [0, 0.1) is 11.3 Å². The Morgan fingerprint density at radius 3 is 2.46 bits per heavy atom. The minimum atomic E-state index is -4.66. The number of fused-ring (bicyclic) bond motifs is 1. The van der Waals surface area contributed by atoms with Crippen LogP contribution in [0.5, 0.6) is 5.75 Å². The molecule has 1 N–H and O–H groups in total. The molecule has 2 heterocycles. The van der Waals surface area contributed by atoms with Crippen LogP contribution in [-0.4, -0.2) is 14.7 Å². The van der Waals surface area contributed by atoms with Crippen LogP contribution in [0.3, 0.4) is 0 Å². The predicted molar refractivity (Wildman–Crippen MR) is 78.7 cm³/mol. The molecule has 0 spiro atoms. The number of rotatable bonds is 1. The van der Waals surface area contributed by atoms with E-state index in [-0.39, 0.29) is 16.7 Å². The number of aromatic hydroxyl groups is 1. The van der Waals surface area contributed by atoms with Crippen LogP contribution in [0.1, 0.15) is 11.1 Å². The molecule has 2 aromatic heterocycles. The predicted octanol–water partition coefficient (Wildman–Crippen LogP) is 2.98. The van der Waals surface area contributed by atoms with E-state index in [0.29, 0.717) is 6.20 Å². The van der Waals surface area contributed by atoms with Gasteiger partial charge >= 0.3 is 6.18 Å². The Morgan fingerprint density at radius 1 is 1.21 bits per heavy atom. The molecule has 0 unspecified atom stereocenters. The highest BCUT2D eigenvalue weighted by molar-refractivity contribution is 5.85. The molecular weight excluding hydrogens is 323 g/mol. The second kappa shape index (κ2) is 5.38. The fourth-order valence-corrected chi connectivity index (χ4v) is 2.34. The quantitative estimate of drug-likeness (QED) is 0.743. The van der Waals surface area contributed by atoms with Gasteiger partial charge in [0.25, 0.3) is 5.56 Å².